The van der Waals surface area contributed by atoms with Crippen molar-refractivity contribution in [3.05, 3.63) is 75.4 Å². The Morgan fingerprint density at radius 3 is 2.72 bits per heavy atom. The lowest BCUT2D eigenvalue weighted by atomic mass is 10.1. The smallest absolute Gasteiger partial charge is 0.416 e. The fourth-order valence-corrected chi connectivity index (χ4v) is 3.35. The van der Waals surface area contributed by atoms with Crippen molar-refractivity contribution in [3.63, 3.8) is 0 Å². The van der Waals surface area contributed by atoms with Gasteiger partial charge in [0.05, 0.1) is 18.4 Å². The van der Waals surface area contributed by atoms with Crippen molar-refractivity contribution in [3.8, 4) is 0 Å². The molecule has 0 atom stereocenters. The highest BCUT2D eigenvalue weighted by Crippen LogP contribution is 2.29. The number of halogens is 3. The molecule has 1 N–H and O–H groups in total. The summed E-state index contributed by atoms with van der Waals surface area (Å²) < 4.78 is 45.2. The standard InChI is InChI=1S/C19H16F3N3O3S/c1-12-11-29-18(25(12)10-16(26)23-9-15-6-3-7-28-15)24-17(27)13-4-2-5-14(8-13)19(20,21)22/h2-8,11H,9-10H2,1H3,(H,23,26). The minimum Gasteiger partial charge on any atom is -0.467 e. The number of aromatic nitrogens is 1. The third-order valence-corrected chi connectivity index (χ3v) is 4.95. The first-order valence-electron chi connectivity index (χ1n) is 8.44. The SMILES string of the molecule is Cc1csc(=NC(=O)c2cccc(C(F)(F)F)c2)n1CC(=O)NCc1ccco1. The molecule has 0 aliphatic carbocycles. The van der Waals surface area contributed by atoms with Crippen molar-refractivity contribution in [1.82, 2.24) is 9.88 Å². The molecule has 0 unspecified atom stereocenters. The van der Waals surface area contributed by atoms with Crippen molar-refractivity contribution < 1.29 is 27.2 Å². The van der Waals surface area contributed by atoms with E-state index in [0.717, 1.165) is 29.5 Å². The highest BCUT2D eigenvalue weighted by atomic mass is 32.1. The third-order valence-electron chi connectivity index (χ3n) is 3.97. The number of amides is 2. The van der Waals surface area contributed by atoms with E-state index >= 15 is 0 Å². The first-order chi connectivity index (χ1) is 13.7. The lowest BCUT2D eigenvalue weighted by Crippen LogP contribution is -2.31. The van der Waals surface area contributed by atoms with E-state index in [2.05, 4.69) is 10.3 Å². The summed E-state index contributed by atoms with van der Waals surface area (Å²) in [6.07, 6.45) is -3.06. The molecule has 0 saturated carbocycles. The van der Waals surface area contributed by atoms with E-state index in [9.17, 15) is 22.8 Å². The van der Waals surface area contributed by atoms with Gasteiger partial charge >= 0.3 is 6.18 Å². The van der Waals surface area contributed by atoms with Gasteiger partial charge in [-0.15, -0.1) is 11.3 Å². The van der Waals surface area contributed by atoms with Gasteiger partial charge < -0.3 is 14.3 Å². The van der Waals surface area contributed by atoms with Gasteiger partial charge in [0.15, 0.2) is 4.80 Å². The molecule has 3 aromatic rings. The quantitative estimate of drug-likeness (QED) is 0.682. The molecule has 152 valence electrons. The summed E-state index contributed by atoms with van der Waals surface area (Å²) in [5.41, 5.74) is -0.412. The zero-order chi connectivity index (χ0) is 21.0. The molecular formula is C19H16F3N3O3S. The van der Waals surface area contributed by atoms with Gasteiger partial charge in [0, 0.05) is 16.6 Å². The van der Waals surface area contributed by atoms with Gasteiger partial charge in [-0.1, -0.05) is 6.07 Å². The Hall–Kier alpha value is -3.14. The molecule has 6 nitrogen and oxygen atoms in total. The maximum absolute atomic E-state index is 12.8. The molecule has 0 saturated heterocycles. The van der Waals surface area contributed by atoms with E-state index in [1.54, 1.807) is 24.4 Å². The van der Waals surface area contributed by atoms with Crippen molar-refractivity contribution in [2.24, 2.45) is 4.99 Å². The van der Waals surface area contributed by atoms with Crippen LogP contribution in [0, 0.1) is 6.92 Å². The molecule has 2 amide bonds. The van der Waals surface area contributed by atoms with E-state index in [0.29, 0.717) is 11.5 Å². The van der Waals surface area contributed by atoms with Crippen LogP contribution in [0.4, 0.5) is 13.2 Å². The average molecular weight is 423 g/mol. The van der Waals surface area contributed by atoms with Crippen LogP contribution in [0.15, 0.2) is 57.5 Å². The molecular weight excluding hydrogens is 407 g/mol. The Labute approximate surface area is 167 Å². The molecule has 0 bridgehead atoms. The molecule has 0 spiro atoms. The highest BCUT2D eigenvalue weighted by molar-refractivity contribution is 7.07. The number of alkyl halides is 3. The maximum Gasteiger partial charge on any atom is 0.416 e. The van der Waals surface area contributed by atoms with Gasteiger partial charge in [-0.05, 0) is 37.3 Å². The Kier molecular flexibility index (Phi) is 6.02. The number of thiazole rings is 1. The van der Waals surface area contributed by atoms with Crippen LogP contribution in [0.5, 0.6) is 0 Å². The minimum atomic E-state index is -4.55. The normalized spacial score (nSPS) is 12.2. The van der Waals surface area contributed by atoms with Crippen molar-refractivity contribution >= 4 is 23.2 Å². The van der Waals surface area contributed by atoms with Gasteiger partial charge in [0.2, 0.25) is 5.91 Å². The van der Waals surface area contributed by atoms with E-state index in [4.69, 9.17) is 4.42 Å². The molecule has 0 aliphatic heterocycles. The Morgan fingerprint density at radius 2 is 2.03 bits per heavy atom. The van der Waals surface area contributed by atoms with E-state index in [1.807, 2.05) is 0 Å². The van der Waals surface area contributed by atoms with Crippen LogP contribution in [0.3, 0.4) is 0 Å². The monoisotopic (exact) mass is 423 g/mol. The summed E-state index contributed by atoms with van der Waals surface area (Å²) in [4.78, 5) is 28.7. The number of benzene rings is 1. The topological polar surface area (TPSA) is 76.6 Å². The number of carbonyl (C=O) groups excluding carboxylic acids is 2. The van der Waals surface area contributed by atoms with Crippen LogP contribution < -0.4 is 10.1 Å². The van der Waals surface area contributed by atoms with Crippen molar-refractivity contribution in [2.75, 3.05) is 0 Å². The molecule has 10 heteroatoms. The largest absolute Gasteiger partial charge is 0.467 e. The van der Waals surface area contributed by atoms with Crippen LogP contribution in [0.25, 0.3) is 0 Å². The Balaban J connectivity index is 1.78. The van der Waals surface area contributed by atoms with Crippen LogP contribution in [0.2, 0.25) is 0 Å². The lowest BCUT2D eigenvalue weighted by Gasteiger charge is -2.08. The highest BCUT2D eigenvalue weighted by Gasteiger charge is 2.30. The van der Waals surface area contributed by atoms with Gasteiger partial charge in [-0.2, -0.15) is 18.2 Å². The van der Waals surface area contributed by atoms with Crippen molar-refractivity contribution in [1.29, 1.82) is 0 Å². The second kappa shape index (κ2) is 8.48. The molecule has 3 rings (SSSR count). The van der Waals surface area contributed by atoms with E-state index in [1.165, 1.54) is 16.9 Å². The summed E-state index contributed by atoms with van der Waals surface area (Å²) >= 11 is 1.12. The fraction of sp³-hybridized carbons (Fsp3) is 0.211. The summed E-state index contributed by atoms with van der Waals surface area (Å²) in [5, 5.41) is 4.39. The Morgan fingerprint density at radius 1 is 1.24 bits per heavy atom. The number of nitrogens with one attached hydrogen (secondary N) is 1. The summed E-state index contributed by atoms with van der Waals surface area (Å²) in [5.74, 6) is -0.548. The van der Waals surface area contributed by atoms with Crippen LogP contribution >= 0.6 is 11.3 Å². The predicted molar refractivity (Wildman–Crippen MR) is 98.9 cm³/mol. The molecule has 2 aromatic heterocycles. The second-order valence-corrected chi connectivity index (χ2v) is 6.93. The summed E-state index contributed by atoms with van der Waals surface area (Å²) in [7, 11) is 0. The van der Waals surface area contributed by atoms with Crippen LogP contribution in [-0.4, -0.2) is 16.4 Å². The molecule has 1 aromatic carbocycles. The van der Waals surface area contributed by atoms with E-state index < -0.39 is 17.6 Å². The van der Waals surface area contributed by atoms with Gasteiger partial charge in [0.25, 0.3) is 5.91 Å². The Bertz CT molecular complexity index is 1080. The number of nitrogens with zero attached hydrogens (tertiary/aromatic N) is 2. The summed E-state index contributed by atoms with van der Waals surface area (Å²) in [6, 6.07) is 7.49. The third kappa shape index (κ3) is 5.23. The number of hydrogen-bond acceptors (Lipinski definition) is 4. The van der Waals surface area contributed by atoms with Gasteiger partial charge in [0.1, 0.15) is 12.3 Å². The molecule has 0 radical (unpaired) electrons. The molecule has 2 heterocycles. The molecule has 0 fully saturated rings. The zero-order valence-corrected chi connectivity index (χ0v) is 16.0. The number of carbonyl (C=O) groups is 2. The molecule has 29 heavy (non-hydrogen) atoms. The number of aryl methyl sites for hydroxylation is 1. The van der Waals surface area contributed by atoms with Crippen LogP contribution in [-0.2, 0) is 24.1 Å². The average Bonchev–Trinajstić information content (AvgIpc) is 3.31. The summed E-state index contributed by atoms with van der Waals surface area (Å²) in [6.45, 7) is 1.86. The number of rotatable bonds is 5. The number of hydrogen-bond donors (Lipinski definition) is 1. The van der Waals surface area contributed by atoms with E-state index in [-0.39, 0.29) is 29.4 Å². The first kappa shape index (κ1) is 20.6. The first-order valence-corrected chi connectivity index (χ1v) is 9.32. The lowest BCUT2D eigenvalue weighted by molar-refractivity contribution is -0.137. The second-order valence-electron chi connectivity index (χ2n) is 6.10. The fourth-order valence-electron chi connectivity index (χ4n) is 2.47. The molecule has 0 aliphatic rings. The van der Waals surface area contributed by atoms with Crippen LogP contribution in [0.1, 0.15) is 27.4 Å². The number of furan rings is 1. The van der Waals surface area contributed by atoms with Gasteiger partial charge in [-0.3, -0.25) is 9.59 Å². The maximum atomic E-state index is 12.8. The minimum absolute atomic E-state index is 0.0925. The van der Waals surface area contributed by atoms with Crippen molar-refractivity contribution in [2.45, 2.75) is 26.2 Å². The zero-order valence-electron chi connectivity index (χ0n) is 15.2. The van der Waals surface area contributed by atoms with Gasteiger partial charge in [-0.25, -0.2) is 0 Å². The predicted octanol–water partition coefficient (Wildman–Crippen LogP) is 3.53.